The van der Waals surface area contributed by atoms with Crippen molar-refractivity contribution in [3.8, 4) is 5.75 Å². The first-order valence-corrected chi connectivity index (χ1v) is 10.1. The number of hydrazone groups is 1. The number of nitro groups is 1. The van der Waals surface area contributed by atoms with E-state index in [0.29, 0.717) is 20.7 Å². The molecule has 2 amide bonds. The lowest BCUT2D eigenvalue weighted by molar-refractivity contribution is -0.385. The Bertz CT molecular complexity index is 1230. The van der Waals surface area contributed by atoms with Crippen molar-refractivity contribution in [3.63, 3.8) is 0 Å². The molecule has 0 bridgehead atoms. The number of nitrogens with zero attached hydrogens (tertiary/aromatic N) is 2. The van der Waals surface area contributed by atoms with Crippen LogP contribution in [0.25, 0.3) is 0 Å². The zero-order valence-corrected chi connectivity index (χ0v) is 18.4. The van der Waals surface area contributed by atoms with Gasteiger partial charge in [-0.2, -0.15) is 5.10 Å². The van der Waals surface area contributed by atoms with Crippen molar-refractivity contribution >= 4 is 56.9 Å². The Labute approximate surface area is 195 Å². The quantitative estimate of drug-likeness (QED) is 0.247. The van der Waals surface area contributed by atoms with E-state index in [2.05, 4.69) is 31.8 Å². The van der Waals surface area contributed by atoms with E-state index >= 15 is 0 Å². The van der Waals surface area contributed by atoms with Gasteiger partial charge in [0.25, 0.3) is 11.8 Å². The second kappa shape index (κ2) is 10.0. The smallest absolute Gasteiger partial charge is 0.312 e. The average molecular weight is 518 g/mol. The average Bonchev–Trinajstić information content (AvgIpc) is 2.76. The summed E-state index contributed by atoms with van der Waals surface area (Å²) in [5.41, 5.74) is 2.85. The molecular weight excluding hydrogens is 504 g/mol. The van der Waals surface area contributed by atoms with Crippen LogP contribution in [0.1, 0.15) is 26.3 Å². The number of benzene rings is 3. The van der Waals surface area contributed by atoms with Crippen LogP contribution in [-0.4, -0.2) is 28.1 Å². The predicted octanol–water partition coefficient (Wildman–Crippen LogP) is 4.73. The number of anilines is 1. The van der Waals surface area contributed by atoms with Gasteiger partial charge in [0.05, 0.1) is 21.7 Å². The number of hydrogen-bond donors (Lipinski definition) is 3. The van der Waals surface area contributed by atoms with Crippen LogP contribution in [0.2, 0.25) is 5.02 Å². The standard InChI is InChI=1S/C21H14BrClN4O5/c22-14-9-13(19(28)18(10-14)27(31)32)11-24-26-20(29)12-5-7-15(8-6-12)25-21(30)16-3-1-2-4-17(16)23/h1-11,28H,(H,25,30)(H,26,29). The summed E-state index contributed by atoms with van der Waals surface area (Å²) in [5.74, 6) is -1.52. The van der Waals surface area contributed by atoms with Crippen molar-refractivity contribution in [1.82, 2.24) is 5.43 Å². The fourth-order valence-corrected chi connectivity index (χ4v) is 3.30. The Morgan fingerprint density at radius 2 is 1.78 bits per heavy atom. The molecular formula is C21H14BrClN4O5. The van der Waals surface area contributed by atoms with Crippen molar-refractivity contribution in [1.29, 1.82) is 0 Å². The van der Waals surface area contributed by atoms with Crippen molar-refractivity contribution in [2.45, 2.75) is 0 Å². The van der Waals surface area contributed by atoms with Gasteiger partial charge in [-0.05, 0) is 42.5 Å². The first-order chi connectivity index (χ1) is 15.3. The third-order valence-corrected chi connectivity index (χ3v) is 4.96. The minimum absolute atomic E-state index is 0.0454. The maximum Gasteiger partial charge on any atom is 0.312 e. The van der Waals surface area contributed by atoms with Gasteiger partial charge in [-0.15, -0.1) is 0 Å². The van der Waals surface area contributed by atoms with Crippen LogP contribution in [0.3, 0.4) is 0 Å². The van der Waals surface area contributed by atoms with Crippen LogP contribution in [0.15, 0.2) is 70.2 Å². The monoisotopic (exact) mass is 516 g/mol. The van der Waals surface area contributed by atoms with Crippen LogP contribution >= 0.6 is 27.5 Å². The van der Waals surface area contributed by atoms with Gasteiger partial charge >= 0.3 is 5.69 Å². The molecule has 0 atom stereocenters. The maximum atomic E-state index is 12.3. The fraction of sp³-hybridized carbons (Fsp3) is 0. The first kappa shape index (κ1) is 22.9. The number of carbonyl (C=O) groups excluding carboxylic acids is 2. The SMILES string of the molecule is O=C(NN=Cc1cc(Br)cc([N+](=O)[O-])c1O)c1ccc(NC(=O)c2ccccc2Cl)cc1. The number of phenols is 1. The minimum Gasteiger partial charge on any atom is -0.502 e. The Morgan fingerprint density at radius 1 is 1.09 bits per heavy atom. The number of halogens is 2. The molecule has 0 aromatic heterocycles. The summed E-state index contributed by atoms with van der Waals surface area (Å²) >= 11 is 9.12. The van der Waals surface area contributed by atoms with Gasteiger partial charge in [0, 0.05) is 27.4 Å². The fourth-order valence-electron chi connectivity index (χ4n) is 2.62. The lowest BCUT2D eigenvalue weighted by Gasteiger charge is -2.07. The van der Waals surface area contributed by atoms with Gasteiger partial charge in [0.1, 0.15) is 0 Å². The summed E-state index contributed by atoms with van der Waals surface area (Å²) in [6, 6.07) is 15.2. The number of rotatable bonds is 6. The van der Waals surface area contributed by atoms with Crippen LogP contribution in [0, 0.1) is 10.1 Å². The zero-order valence-electron chi connectivity index (χ0n) is 16.1. The van der Waals surface area contributed by atoms with E-state index in [1.54, 1.807) is 24.3 Å². The first-order valence-electron chi connectivity index (χ1n) is 8.92. The predicted molar refractivity (Wildman–Crippen MR) is 123 cm³/mol. The summed E-state index contributed by atoms with van der Waals surface area (Å²) in [4.78, 5) is 34.8. The molecule has 32 heavy (non-hydrogen) atoms. The third-order valence-electron chi connectivity index (χ3n) is 4.17. The number of nitro benzene ring substituents is 1. The molecule has 0 fully saturated rings. The van der Waals surface area contributed by atoms with Crippen LogP contribution < -0.4 is 10.7 Å². The molecule has 3 N–H and O–H groups in total. The largest absolute Gasteiger partial charge is 0.502 e. The zero-order chi connectivity index (χ0) is 23.3. The molecule has 11 heteroatoms. The molecule has 3 aromatic carbocycles. The van der Waals surface area contributed by atoms with Crippen LogP contribution in [0.5, 0.6) is 5.75 Å². The molecule has 0 saturated carbocycles. The Balaban J connectivity index is 1.65. The Hall–Kier alpha value is -3.76. The molecule has 3 aromatic rings. The molecule has 0 unspecified atom stereocenters. The number of carbonyl (C=O) groups is 2. The molecule has 0 aliphatic rings. The van der Waals surface area contributed by atoms with E-state index in [9.17, 15) is 24.8 Å². The van der Waals surface area contributed by atoms with Gasteiger partial charge in [-0.25, -0.2) is 5.43 Å². The summed E-state index contributed by atoms with van der Waals surface area (Å²) in [5, 5.41) is 27.7. The van der Waals surface area contributed by atoms with Crippen LogP contribution in [0.4, 0.5) is 11.4 Å². The minimum atomic E-state index is -0.734. The van der Waals surface area contributed by atoms with E-state index in [0.717, 1.165) is 12.3 Å². The Kier molecular flexibility index (Phi) is 7.18. The molecule has 0 spiro atoms. The molecule has 0 radical (unpaired) electrons. The molecule has 0 saturated heterocycles. The summed E-state index contributed by atoms with van der Waals surface area (Å²) < 4.78 is 0.365. The van der Waals surface area contributed by atoms with Crippen molar-refractivity contribution < 1.29 is 19.6 Å². The van der Waals surface area contributed by atoms with E-state index in [1.807, 2.05) is 0 Å². The molecule has 0 aliphatic heterocycles. The van der Waals surface area contributed by atoms with Crippen LogP contribution in [-0.2, 0) is 0 Å². The van der Waals surface area contributed by atoms with Gasteiger partial charge in [-0.1, -0.05) is 39.7 Å². The second-order valence-electron chi connectivity index (χ2n) is 6.33. The van der Waals surface area contributed by atoms with Gasteiger partial charge in [0.2, 0.25) is 5.75 Å². The van der Waals surface area contributed by atoms with E-state index < -0.39 is 22.3 Å². The highest BCUT2D eigenvalue weighted by molar-refractivity contribution is 9.10. The van der Waals surface area contributed by atoms with E-state index in [1.165, 1.54) is 30.3 Å². The molecule has 0 heterocycles. The highest BCUT2D eigenvalue weighted by atomic mass is 79.9. The number of hydrogen-bond acceptors (Lipinski definition) is 6. The normalized spacial score (nSPS) is 10.7. The number of aromatic hydroxyl groups is 1. The topological polar surface area (TPSA) is 134 Å². The van der Waals surface area contributed by atoms with Crippen molar-refractivity contribution in [2.24, 2.45) is 5.10 Å². The Morgan fingerprint density at radius 3 is 2.44 bits per heavy atom. The highest BCUT2D eigenvalue weighted by Gasteiger charge is 2.17. The lowest BCUT2D eigenvalue weighted by Crippen LogP contribution is -2.18. The molecule has 3 rings (SSSR count). The van der Waals surface area contributed by atoms with E-state index in [-0.39, 0.29) is 17.0 Å². The highest BCUT2D eigenvalue weighted by Crippen LogP contribution is 2.32. The van der Waals surface area contributed by atoms with Gasteiger partial charge in [0.15, 0.2) is 0 Å². The summed E-state index contributed by atoms with van der Waals surface area (Å²) in [6.07, 6.45) is 1.09. The van der Waals surface area contributed by atoms with Crippen molar-refractivity contribution in [2.75, 3.05) is 5.32 Å². The number of phenolic OH excluding ortho intramolecular Hbond substituents is 1. The number of nitrogens with one attached hydrogen (secondary N) is 2. The lowest BCUT2D eigenvalue weighted by atomic mass is 10.1. The second-order valence-corrected chi connectivity index (χ2v) is 7.65. The molecule has 9 nitrogen and oxygen atoms in total. The van der Waals surface area contributed by atoms with E-state index in [4.69, 9.17) is 11.6 Å². The van der Waals surface area contributed by atoms with Gasteiger partial charge in [-0.3, -0.25) is 19.7 Å². The van der Waals surface area contributed by atoms with Gasteiger partial charge < -0.3 is 10.4 Å². The maximum absolute atomic E-state index is 12.3. The number of amides is 2. The summed E-state index contributed by atoms with van der Waals surface area (Å²) in [7, 11) is 0. The third kappa shape index (κ3) is 5.48. The molecule has 0 aliphatic carbocycles. The summed E-state index contributed by atoms with van der Waals surface area (Å²) in [6.45, 7) is 0. The molecule has 162 valence electrons. The van der Waals surface area contributed by atoms with Crippen molar-refractivity contribution in [3.05, 3.63) is 97.0 Å².